The Hall–Kier alpha value is -1.52. The molecule has 1 aliphatic heterocycles. The van der Waals surface area contributed by atoms with Gasteiger partial charge in [0.25, 0.3) is 0 Å². The summed E-state index contributed by atoms with van der Waals surface area (Å²) in [5.74, 6) is 0.0290. The van der Waals surface area contributed by atoms with E-state index >= 15 is 0 Å². The molecule has 0 aliphatic carbocycles. The van der Waals surface area contributed by atoms with Crippen molar-refractivity contribution in [3.63, 3.8) is 0 Å². The van der Waals surface area contributed by atoms with Crippen LogP contribution in [0.15, 0.2) is 12.7 Å². The lowest BCUT2D eigenvalue weighted by Gasteiger charge is -2.24. The van der Waals surface area contributed by atoms with Crippen LogP contribution in [-0.2, 0) is 9.53 Å². The van der Waals surface area contributed by atoms with Crippen LogP contribution in [0.5, 0.6) is 0 Å². The van der Waals surface area contributed by atoms with Gasteiger partial charge in [0.15, 0.2) is 0 Å². The zero-order chi connectivity index (χ0) is 13.4. The highest BCUT2D eigenvalue weighted by Crippen LogP contribution is 2.12. The molecule has 1 atom stereocenters. The summed E-state index contributed by atoms with van der Waals surface area (Å²) in [6.45, 7) is 6.77. The van der Waals surface area contributed by atoms with Crippen molar-refractivity contribution in [2.24, 2.45) is 0 Å². The number of ether oxygens (including phenoxy) is 1. The van der Waals surface area contributed by atoms with Crippen LogP contribution in [0.2, 0.25) is 0 Å². The Kier molecular flexibility index (Phi) is 6.25. The summed E-state index contributed by atoms with van der Waals surface area (Å²) < 4.78 is 5.02. The fraction of sp³-hybridized carbons (Fsp3) is 0.692. The van der Waals surface area contributed by atoms with Gasteiger partial charge < -0.3 is 15.0 Å². The summed E-state index contributed by atoms with van der Waals surface area (Å²) in [5, 5.41) is 2.94. The minimum Gasteiger partial charge on any atom is -0.445 e. The van der Waals surface area contributed by atoms with Crippen LogP contribution in [0.1, 0.15) is 32.6 Å². The summed E-state index contributed by atoms with van der Waals surface area (Å²) >= 11 is 0. The Morgan fingerprint density at radius 1 is 1.50 bits per heavy atom. The Labute approximate surface area is 108 Å². The topological polar surface area (TPSA) is 58.6 Å². The predicted molar refractivity (Wildman–Crippen MR) is 69.2 cm³/mol. The van der Waals surface area contributed by atoms with E-state index in [2.05, 4.69) is 11.9 Å². The summed E-state index contributed by atoms with van der Waals surface area (Å²) in [5.41, 5.74) is 0. The molecule has 2 amide bonds. The Bertz CT molecular complexity index is 305. The molecular weight excluding hydrogens is 232 g/mol. The first-order chi connectivity index (χ1) is 8.67. The molecule has 1 rings (SSSR count). The van der Waals surface area contributed by atoms with Gasteiger partial charge >= 0.3 is 6.09 Å². The van der Waals surface area contributed by atoms with Crippen molar-refractivity contribution in [3.8, 4) is 0 Å². The van der Waals surface area contributed by atoms with E-state index in [0.29, 0.717) is 19.5 Å². The molecule has 18 heavy (non-hydrogen) atoms. The molecule has 102 valence electrons. The molecule has 0 saturated carbocycles. The monoisotopic (exact) mass is 254 g/mol. The van der Waals surface area contributed by atoms with Gasteiger partial charge in [-0.05, 0) is 19.3 Å². The van der Waals surface area contributed by atoms with Crippen molar-refractivity contribution in [2.75, 3.05) is 19.7 Å². The van der Waals surface area contributed by atoms with Gasteiger partial charge in [0.05, 0.1) is 0 Å². The number of rotatable bonds is 4. The van der Waals surface area contributed by atoms with Crippen LogP contribution in [0.4, 0.5) is 4.79 Å². The molecule has 1 unspecified atom stereocenters. The third kappa shape index (κ3) is 4.77. The number of amides is 2. The first-order valence-electron chi connectivity index (χ1n) is 6.49. The van der Waals surface area contributed by atoms with Gasteiger partial charge in [-0.2, -0.15) is 0 Å². The van der Waals surface area contributed by atoms with Crippen LogP contribution < -0.4 is 5.32 Å². The van der Waals surface area contributed by atoms with Crippen molar-refractivity contribution in [1.82, 2.24) is 10.2 Å². The van der Waals surface area contributed by atoms with Crippen molar-refractivity contribution < 1.29 is 14.3 Å². The molecule has 0 radical (unpaired) electrons. The number of nitrogens with zero attached hydrogens (tertiary/aromatic N) is 1. The lowest BCUT2D eigenvalue weighted by Crippen LogP contribution is -2.44. The zero-order valence-electron chi connectivity index (χ0n) is 11.0. The van der Waals surface area contributed by atoms with E-state index in [4.69, 9.17) is 4.74 Å². The summed E-state index contributed by atoms with van der Waals surface area (Å²) in [4.78, 5) is 24.8. The Balaban J connectivity index is 2.50. The van der Waals surface area contributed by atoms with E-state index in [0.717, 1.165) is 19.3 Å². The second kappa shape index (κ2) is 7.74. The second-order valence-corrected chi connectivity index (χ2v) is 4.43. The quantitative estimate of drug-likeness (QED) is 0.777. The summed E-state index contributed by atoms with van der Waals surface area (Å²) in [7, 11) is 0. The van der Waals surface area contributed by atoms with Gasteiger partial charge in [-0.1, -0.05) is 19.6 Å². The second-order valence-electron chi connectivity index (χ2n) is 4.43. The van der Waals surface area contributed by atoms with Gasteiger partial charge in [0.1, 0.15) is 6.61 Å². The van der Waals surface area contributed by atoms with E-state index < -0.39 is 0 Å². The lowest BCUT2D eigenvalue weighted by molar-refractivity contribution is -0.121. The Morgan fingerprint density at radius 3 is 2.94 bits per heavy atom. The number of hydrogen-bond donors (Lipinski definition) is 1. The first-order valence-corrected chi connectivity index (χ1v) is 6.49. The van der Waals surface area contributed by atoms with Crippen molar-refractivity contribution >= 4 is 12.0 Å². The summed E-state index contributed by atoms with van der Waals surface area (Å²) in [6.07, 6.45) is 4.56. The molecule has 5 heteroatoms. The van der Waals surface area contributed by atoms with Crippen LogP contribution in [0, 0.1) is 0 Å². The van der Waals surface area contributed by atoms with Crippen molar-refractivity contribution in [2.45, 2.75) is 38.6 Å². The molecule has 1 N–H and O–H groups in total. The fourth-order valence-electron chi connectivity index (χ4n) is 1.98. The van der Waals surface area contributed by atoms with E-state index in [1.807, 2.05) is 6.92 Å². The van der Waals surface area contributed by atoms with E-state index in [1.54, 1.807) is 11.0 Å². The normalized spacial score (nSPS) is 19.8. The van der Waals surface area contributed by atoms with Crippen LogP contribution in [-0.4, -0.2) is 42.6 Å². The number of carbonyl (C=O) groups excluding carboxylic acids is 2. The molecular formula is C13H22N2O3. The standard InChI is InChI=1S/C13H22N2O3/c1-3-9-18-13(17)15-8-6-5-7-11(10-15)14-12(16)4-2/h3,11H,1,4-10H2,2H3,(H,14,16). The molecule has 0 aromatic heterocycles. The minimum absolute atomic E-state index is 0.0290. The van der Waals surface area contributed by atoms with E-state index in [9.17, 15) is 9.59 Å². The minimum atomic E-state index is -0.326. The molecule has 1 heterocycles. The molecule has 1 fully saturated rings. The molecule has 0 aromatic rings. The van der Waals surface area contributed by atoms with Crippen LogP contribution in [0.25, 0.3) is 0 Å². The average Bonchev–Trinajstić information content (AvgIpc) is 2.61. The van der Waals surface area contributed by atoms with Gasteiger partial charge in [0, 0.05) is 25.6 Å². The third-order valence-electron chi connectivity index (χ3n) is 2.94. The fourth-order valence-corrected chi connectivity index (χ4v) is 1.98. The largest absolute Gasteiger partial charge is 0.445 e. The van der Waals surface area contributed by atoms with Gasteiger partial charge in [-0.25, -0.2) is 4.79 Å². The molecule has 1 saturated heterocycles. The van der Waals surface area contributed by atoms with Crippen LogP contribution in [0.3, 0.4) is 0 Å². The molecule has 1 aliphatic rings. The number of likely N-dealkylation sites (tertiary alicyclic amines) is 1. The maximum atomic E-state index is 11.8. The van der Waals surface area contributed by atoms with Gasteiger partial charge in [-0.3, -0.25) is 4.79 Å². The highest BCUT2D eigenvalue weighted by Gasteiger charge is 2.23. The van der Waals surface area contributed by atoms with E-state index in [1.165, 1.54) is 0 Å². The molecule has 5 nitrogen and oxygen atoms in total. The number of carbonyl (C=O) groups is 2. The van der Waals surface area contributed by atoms with Gasteiger partial charge in [-0.15, -0.1) is 0 Å². The molecule has 0 aromatic carbocycles. The van der Waals surface area contributed by atoms with Crippen LogP contribution >= 0.6 is 0 Å². The van der Waals surface area contributed by atoms with E-state index in [-0.39, 0.29) is 24.6 Å². The van der Waals surface area contributed by atoms with Crippen molar-refractivity contribution in [1.29, 1.82) is 0 Å². The number of nitrogens with one attached hydrogen (secondary N) is 1. The maximum Gasteiger partial charge on any atom is 0.410 e. The smallest absolute Gasteiger partial charge is 0.410 e. The number of hydrogen-bond acceptors (Lipinski definition) is 3. The highest BCUT2D eigenvalue weighted by atomic mass is 16.6. The maximum absolute atomic E-state index is 11.8. The first kappa shape index (κ1) is 14.5. The average molecular weight is 254 g/mol. The zero-order valence-corrected chi connectivity index (χ0v) is 11.0. The third-order valence-corrected chi connectivity index (χ3v) is 2.94. The SMILES string of the molecule is C=CCOC(=O)N1CCCCC(NC(=O)CC)C1. The molecule has 0 bridgehead atoms. The lowest BCUT2D eigenvalue weighted by atomic mass is 10.1. The van der Waals surface area contributed by atoms with Gasteiger partial charge in [0.2, 0.25) is 5.91 Å². The highest BCUT2D eigenvalue weighted by molar-refractivity contribution is 5.76. The summed E-state index contributed by atoms with van der Waals surface area (Å²) in [6, 6.07) is 0.0382. The van der Waals surface area contributed by atoms with Crippen molar-refractivity contribution in [3.05, 3.63) is 12.7 Å². The predicted octanol–water partition coefficient (Wildman–Crippen LogP) is 1.69. The Morgan fingerprint density at radius 2 is 2.28 bits per heavy atom. The molecule has 0 spiro atoms.